The number of hydrogen-bond acceptors (Lipinski definition) is 6. The second kappa shape index (κ2) is 14.2. The Labute approximate surface area is 221 Å². The third-order valence-electron chi connectivity index (χ3n) is 5.59. The predicted octanol–water partition coefficient (Wildman–Crippen LogP) is 4.54. The molecule has 0 heterocycles. The van der Waals surface area contributed by atoms with Crippen LogP contribution in [0, 0.1) is 11.3 Å². The minimum absolute atomic E-state index is 0.0771. The lowest BCUT2D eigenvalue weighted by molar-refractivity contribution is -0.139. The molecule has 0 spiro atoms. The van der Waals surface area contributed by atoms with E-state index >= 15 is 0 Å². The van der Waals surface area contributed by atoms with Crippen molar-refractivity contribution in [3.05, 3.63) is 87.8 Å². The summed E-state index contributed by atoms with van der Waals surface area (Å²) in [4.78, 5) is 34.3. The van der Waals surface area contributed by atoms with Gasteiger partial charge in [-0.25, -0.2) is 0 Å². The zero-order valence-corrected chi connectivity index (χ0v) is 21.8. The Bertz CT molecular complexity index is 1190. The van der Waals surface area contributed by atoms with Crippen molar-refractivity contribution in [2.24, 2.45) is 0 Å². The van der Waals surface area contributed by atoms with Crippen LogP contribution < -0.4 is 16.0 Å². The fraction of sp³-hybridized carbons (Fsp3) is 0.259. The first kappa shape index (κ1) is 28.9. The molecule has 0 saturated heterocycles. The predicted molar refractivity (Wildman–Crippen MR) is 145 cm³/mol. The minimum Gasteiger partial charge on any atom is -0.344 e. The molecule has 0 aliphatic heterocycles. The summed E-state index contributed by atoms with van der Waals surface area (Å²) in [7, 11) is 2.02. The van der Waals surface area contributed by atoms with E-state index in [2.05, 4.69) is 40.7 Å². The van der Waals surface area contributed by atoms with Gasteiger partial charge in [-0.05, 0) is 67.1 Å². The number of thioether (sulfide) groups is 1. The lowest BCUT2D eigenvalue weighted by atomic mass is 10.0. The number of allylic oxidation sites excluding steroid dienone is 1. The number of carbonyl (C=O) groups excluding carboxylic acids is 3. The fourth-order valence-electron chi connectivity index (χ4n) is 3.47. The second-order valence-corrected chi connectivity index (χ2v) is 9.28. The molecule has 2 aromatic carbocycles. The van der Waals surface area contributed by atoms with E-state index < -0.39 is 11.8 Å². The molecule has 0 radical (unpaired) electrons. The van der Waals surface area contributed by atoms with Gasteiger partial charge in [0, 0.05) is 27.6 Å². The zero-order chi connectivity index (χ0) is 26.6. The van der Waals surface area contributed by atoms with Gasteiger partial charge < -0.3 is 16.0 Å². The van der Waals surface area contributed by atoms with E-state index in [1.54, 1.807) is 42.1 Å². The minimum atomic E-state index is -0.875. The summed E-state index contributed by atoms with van der Waals surface area (Å²) < 4.78 is 0. The van der Waals surface area contributed by atoms with E-state index in [0.29, 0.717) is 17.4 Å². The summed E-state index contributed by atoms with van der Waals surface area (Å²) in [5.41, 5.74) is 3.68. The number of nitrogens with zero attached hydrogens (tertiary/aromatic N) is 1. The highest BCUT2D eigenvalue weighted by molar-refractivity contribution is 8.10. The van der Waals surface area contributed by atoms with Gasteiger partial charge in [0.05, 0.1) is 6.07 Å². The molecule has 188 valence electrons. The van der Waals surface area contributed by atoms with E-state index in [1.165, 1.54) is 28.9 Å². The van der Waals surface area contributed by atoms with Crippen molar-refractivity contribution in [1.82, 2.24) is 16.0 Å². The van der Waals surface area contributed by atoms with Gasteiger partial charge in [-0.3, -0.25) is 14.4 Å². The third kappa shape index (κ3) is 8.09. The van der Waals surface area contributed by atoms with Crippen molar-refractivity contribution < 1.29 is 14.4 Å². The SMILES string of the molecule is C=CS/C(=C\C)c1cc(Cl)cc(C2(NC)CC2)c1.N#CCNC(=O)C(=O)NCc1ccccc1C=O. The van der Waals surface area contributed by atoms with Crippen LogP contribution >= 0.6 is 23.4 Å². The first-order valence-corrected chi connectivity index (χ1v) is 12.5. The number of nitriles is 1. The van der Waals surface area contributed by atoms with Gasteiger partial charge in [-0.1, -0.05) is 60.3 Å². The Hall–Kier alpha value is -3.38. The number of halogens is 1. The van der Waals surface area contributed by atoms with Crippen molar-refractivity contribution in [3.63, 3.8) is 0 Å². The molecular weight excluding hydrogens is 496 g/mol. The Kier molecular flexibility index (Phi) is 11.4. The number of hydrogen-bond donors (Lipinski definition) is 3. The molecule has 2 aromatic rings. The Balaban J connectivity index is 0.000000254. The van der Waals surface area contributed by atoms with Crippen molar-refractivity contribution in [1.29, 1.82) is 5.26 Å². The quantitative estimate of drug-likeness (QED) is 0.252. The summed E-state index contributed by atoms with van der Waals surface area (Å²) in [5, 5.41) is 18.8. The summed E-state index contributed by atoms with van der Waals surface area (Å²) in [6.45, 7) is 5.66. The Morgan fingerprint density at radius 2 is 1.89 bits per heavy atom. The zero-order valence-electron chi connectivity index (χ0n) is 20.3. The number of benzene rings is 2. The van der Waals surface area contributed by atoms with Crippen LogP contribution in [0.2, 0.25) is 5.02 Å². The number of carbonyl (C=O) groups is 3. The van der Waals surface area contributed by atoms with Crippen LogP contribution in [0.5, 0.6) is 0 Å². The van der Waals surface area contributed by atoms with E-state index in [9.17, 15) is 14.4 Å². The van der Waals surface area contributed by atoms with E-state index in [4.69, 9.17) is 16.9 Å². The maximum atomic E-state index is 11.3. The molecule has 0 atom stereocenters. The summed E-state index contributed by atoms with van der Waals surface area (Å²) in [6.07, 6.45) is 5.14. The normalized spacial score (nSPS) is 13.3. The summed E-state index contributed by atoms with van der Waals surface area (Å²) in [5.74, 6) is -1.72. The van der Waals surface area contributed by atoms with Crippen LogP contribution in [0.1, 0.15) is 46.8 Å². The molecule has 1 saturated carbocycles. The molecule has 1 fully saturated rings. The molecular formula is C27H29ClN4O3S. The van der Waals surface area contributed by atoms with E-state index in [-0.39, 0.29) is 18.6 Å². The highest BCUT2D eigenvalue weighted by Gasteiger charge is 2.43. The van der Waals surface area contributed by atoms with Gasteiger partial charge >= 0.3 is 11.8 Å². The van der Waals surface area contributed by atoms with Crippen LogP contribution in [0.3, 0.4) is 0 Å². The number of rotatable bonds is 9. The molecule has 0 unspecified atom stereocenters. The van der Waals surface area contributed by atoms with Crippen molar-refractivity contribution in [2.45, 2.75) is 31.8 Å². The molecule has 0 bridgehead atoms. The number of nitrogens with one attached hydrogen (secondary N) is 3. The van der Waals surface area contributed by atoms with Gasteiger partial charge in [0.2, 0.25) is 0 Å². The maximum absolute atomic E-state index is 11.3. The second-order valence-electron chi connectivity index (χ2n) is 7.84. The van der Waals surface area contributed by atoms with Crippen molar-refractivity contribution in [2.75, 3.05) is 13.6 Å². The monoisotopic (exact) mass is 524 g/mol. The first-order valence-electron chi connectivity index (χ1n) is 11.2. The lowest BCUT2D eigenvalue weighted by Crippen LogP contribution is -2.39. The van der Waals surface area contributed by atoms with Gasteiger partial charge in [0.1, 0.15) is 12.8 Å². The molecule has 1 aliphatic rings. The molecule has 0 aromatic heterocycles. The Morgan fingerprint density at radius 3 is 2.47 bits per heavy atom. The maximum Gasteiger partial charge on any atom is 0.310 e. The van der Waals surface area contributed by atoms with Gasteiger partial charge in [-0.2, -0.15) is 5.26 Å². The highest BCUT2D eigenvalue weighted by atomic mass is 35.5. The van der Waals surface area contributed by atoms with Gasteiger partial charge in [-0.15, -0.1) is 0 Å². The average molecular weight is 525 g/mol. The molecule has 36 heavy (non-hydrogen) atoms. The highest BCUT2D eigenvalue weighted by Crippen LogP contribution is 2.46. The lowest BCUT2D eigenvalue weighted by Gasteiger charge is -2.17. The first-order chi connectivity index (χ1) is 17.3. The van der Waals surface area contributed by atoms with E-state index in [1.807, 2.05) is 25.4 Å². The average Bonchev–Trinajstić information content (AvgIpc) is 3.70. The number of amides is 2. The topological polar surface area (TPSA) is 111 Å². The molecule has 3 rings (SSSR count). The van der Waals surface area contributed by atoms with Gasteiger partial charge in [0.15, 0.2) is 0 Å². The van der Waals surface area contributed by atoms with Crippen LogP contribution in [-0.4, -0.2) is 31.7 Å². The van der Waals surface area contributed by atoms with Gasteiger partial charge in [0.25, 0.3) is 0 Å². The number of aldehydes is 1. The van der Waals surface area contributed by atoms with E-state index in [0.717, 1.165) is 5.02 Å². The standard InChI is InChI=1S/C15H18ClNS.C12H11N3O3/c1-4-14(18-5-2)11-8-12(10-13(16)9-11)15(17-3)6-7-15;13-5-6-14-11(17)12(18)15-7-9-3-1-2-4-10(9)8-16/h4-5,8-10,17H,2,6-7H2,1,3H3;1-4,8H,6-7H2,(H,14,17)(H,15,18)/b14-4-;. The van der Waals surface area contributed by atoms with Crippen LogP contribution in [0.4, 0.5) is 0 Å². The molecule has 9 heteroatoms. The largest absolute Gasteiger partial charge is 0.344 e. The third-order valence-corrected chi connectivity index (χ3v) is 6.70. The summed E-state index contributed by atoms with van der Waals surface area (Å²) in [6, 6.07) is 14.7. The molecule has 2 amide bonds. The van der Waals surface area contributed by atoms with Crippen LogP contribution in [0.25, 0.3) is 4.91 Å². The van der Waals surface area contributed by atoms with Crippen molar-refractivity contribution >= 4 is 46.4 Å². The van der Waals surface area contributed by atoms with Crippen LogP contribution in [0.15, 0.2) is 60.5 Å². The molecule has 7 nitrogen and oxygen atoms in total. The van der Waals surface area contributed by atoms with Crippen LogP contribution in [-0.2, 0) is 21.7 Å². The molecule has 1 aliphatic carbocycles. The summed E-state index contributed by atoms with van der Waals surface area (Å²) >= 11 is 7.88. The molecule has 3 N–H and O–H groups in total. The Morgan fingerprint density at radius 1 is 1.19 bits per heavy atom. The van der Waals surface area contributed by atoms with Crippen molar-refractivity contribution in [3.8, 4) is 6.07 Å². The fourth-order valence-corrected chi connectivity index (χ4v) is 4.28. The smallest absolute Gasteiger partial charge is 0.310 e.